The largest absolute Gasteiger partial charge is 0.507 e. The molecule has 0 aliphatic carbocycles. The molecule has 0 saturated carbocycles. The molecule has 0 amide bonds. The van der Waals surface area contributed by atoms with Crippen molar-refractivity contribution in [3.05, 3.63) is 12.3 Å². The van der Waals surface area contributed by atoms with Crippen molar-refractivity contribution in [2.24, 2.45) is 0 Å². The molecule has 0 atom stereocenters. The second kappa shape index (κ2) is 6.78. The highest BCUT2D eigenvalue weighted by atomic mass is 28.5. The molecule has 18 heavy (non-hydrogen) atoms. The summed E-state index contributed by atoms with van der Waals surface area (Å²) in [5.74, 6) is 0. The Hall–Kier alpha value is 0.488. The maximum atomic E-state index is 6.27. The Morgan fingerprint density at radius 3 is 1.56 bits per heavy atom. The SMILES string of the molecule is C=C[Si](OC[SiH](C)C)(O[Si](C)(C)C)O[Si](C)(C)C. The van der Waals surface area contributed by atoms with Gasteiger partial charge < -0.3 is 12.7 Å². The molecule has 0 bridgehead atoms. The van der Waals surface area contributed by atoms with Gasteiger partial charge in [0.2, 0.25) is 0 Å². The van der Waals surface area contributed by atoms with Crippen LogP contribution in [0.25, 0.3) is 0 Å². The summed E-state index contributed by atoms with van der Waals surface area (Å²) in [7, 11) is -6.88. The van der Waals surface area contributed by atoms with Crippen LogP contribution in [0.5, 0.6) is 0 Å². The monoisotopic (exact) mass is 322 g/mol. The quantitative estimate of drug-likeness (QED) is 0.641. The van der Waals surface area contributed by atoms with Crippen LogP contribution in [-0.2, 0) is 12.7 Å². The molecule has 0 aliphatic rings. The molecule has 0 aromatic heterocycles. The number of hydrogen-bond acceptors (Lipinski definition) is 3. The van der Waals surface area contributed by atoms with E-state index in [1.165, 1.54) is 0 Å². The van der Waals surface area contributed by atoms with E-state index in [0.29, 0.717) is 0 Å². The molecule has 0 radical (unpaired) electrons. The molecule has 0 unspecified atom stereocenters. The van der Waals surface area contributed by atoms with Crippen molar-refractivity contribution >= 4 is 34.2 Å². The van der Waals surface area contributed by atoms with Crippen LogP contribution in [0.3, 0.4) is 0 Å². The van der Waals surface area contributed by atoms with E-state index in [1.54, 1.807) is 0 Å². The van der Waals surface area contributed by atoms with Gasteiger partial charge in [0, 0.05) is 6.23 Å². The van der Waals surface area contributed by atoms with E-state index in [0.717, 1.165) is 6.23 Å². The summed E-state index contributed by atoms with van der Waals surface area (Å²) < 4.78 is 18.6. The Balaban J connectivity index is 5.01. The molecule has 0 aliphatic heterocycles. The zero-order chi connectivity index (χ0) is 14.6. The van der Waals surface area contributed by atoms with E-state index in [-0.39, 0.29) is 0 Å². The maximum absolute atomic E-state index is 6.27. The van der Waals surface area contributed by atoms with Crippen LogP contribution in [0, 0.1) is 0 Å². The van der Waals surface area contributed by atoms with Crippen LogP contribution in [-0.4, -0.2) is 40.5 Å². The van der Waals surface area contributed by atoms with Gasteiger partial charge >= 0.3 is 8.80 Å². The van der Waals surface area contributed by atoms with Crippen LogP contribution < -0.4 is 0 Å². The van der Waals surface area contributed by atoms with Gasteiger partial charge in [-0.1, -0.05) is 19.7 Å². The van der Waals surface area contributed by atoms with E-state index in [9.17, 15) is 0 Å². The van der Waals surface area contributed by atoms with Crippen LogP contribution in [0.1, 0.15) is 0 Å². The molecule has 0 rings (SSSR count). The summed E-state index contributed by atoms with van der Waals surface area (Å²) >= 11 is 0. The van der Waals surface area contributed by atoms with Crippen molar-refractivity contribution in [3.8, 4) is 0 Å². The highest BCUT2D eigenvalue weighted by Crippen LogP contribution is 2.22. The molecule has 3 nitrogen and oxygen atoms in total. The molecule has 0 heterocycles. The summed E-state index contributed by atoms with van der Waals surface area (Å²) in [6.07, 6.45) is 0.799. The van der Waals surface area contributed by atoms with Gasteiger partial charge in [0.05, 0.1) is 8.80 Å². The second-order valence-electron chi connectivity index (χ2n) is 6.94. The fourth-order valence-electron chi connectivity index (χ4n) is 1.36. The lowest BCUT2D eigenvalue weighted by molar-refractivity contribution is 0.202. The van der Waals surface area contributed by atoms with Gasteiger partial charge in [-0.25, -0.2) is 0 Å². The van der Waals surface area contributed by atoms with E-state index >= 15 is 0 Å². The Morgan fingerprint density at radius 2 is 1.33 bits per heavy atom. The molecule has 0 N–H and O–H groups in total. The molecule has 7 heteroatoms. The first-order valence-corrected chi connectivity index (χ1v) is 18.3. The zero-order valence-corrected chi connectivity index (χ0v) is 17.4. The number of rotatable bonds is 8. The topological polar surface area (TPSA) is 27.7 Å². The molecule has 0 spiro atoms. The van der Waals surface area contributed by atoms with E-state index in [1.807, 2.05) is 5.70 Å². The maximum Gasteiger partial charge on any atom is 0.507 e. The Morgan fingerprint density at radius 1 is 0.944 bits per heavy atom. The Labute approximate surface area is 118 Å². The van der Waals surface area contributed by atoms with Crippen molar-refractivity contribution < 1.29 is 12.7 Å². The van der Waals surface area contributed by atoms with Gasteiger partial charge in [-0.15, -0.1) is 0 Å². The molecule has 0 aromatic carbocycles. The van der Waals surface area contributed by atoms with Crippen LogP contribution >= 0.6 is 0 Å². The van der Waals surface area contributed by atoms with Gasteiger partial charge in [-0.2, -0.15) is 0 Å². The van der Waals surface area contributed by atoms with Crippen molar-refractivity contribution in [2.45, 2.75) is 52.4 Å². The normalized spacial score (nSPS) is 14.1. The van der Waals surface area contributed by atoms with Gasteiger partial charge in [-0.05, 0) is 45.0 Å². The molecule has 0 saturated heterocycles. The standard InChI is InChI=1S/C11H30O3Si4/c1-10-18(12-11-15(2)3,13-16(4,5)6)14-17(7,8)9/h10,15H,1,11H2,2-9H3. The van der Waals surface area contributed by atoms with Crippen LogP contribution in [0.2, 0.25) is 52.4 Å². The van der Waals surface area contributed by atoms with Crippen molar-refractivity contribution in [1.29, 1.82) is 0 Å². The summed E-state index contributed by atoms with van der Waals surface area (Å²) in [4.78, 5) is 0. The molecule has 0 aromatic rings. The fraction of sp³-hybridized carbons (Fsp3) is 0.818. The minimum Gasteiger partial charge on any atom is -0.413 e. The zero-order valence-electron chi connectivity index (χ0n) is 13.3. The van der Waals surface area contributed by atoms with Gasteiger partial charge in [0.1, 0.15) is 0 Å². The van der Waals surface area contributed by atoms with Crippen molar-refractivity contribution in [1.82, 2.24) is 0 Å². The molecular weight excluding hydrogens is 292 g/mol. The fourth-order valence-corrected chi connectivity index (χ4v) is 12.2. The van der Waals surface area contributed by atoms with Gasteiger partial charge in [0.15, 0.2) is 16.6 Å². The first-order chi connectivity index (χ1) is 7.89. The highest BCUT2D eigenvalue weighted by Gasteiger charge is 2.45. The predicted molar refractivity (Wildman–Crippen MR) is 89.6 cm³/mol. The Kier molecular flexibility index (Phi) is 6.96. The predicted octanol–water partition coefficient (Wildman–Crippen LogP) is 3.40. The van der Waals surface area contributed by atoms with Crippen LogP contribution in [0.15, 0.2) is 12.3 Å². The van der Waals surface area contributed by atoms with Crippen molar-refractivity contribution in [3.63, 3.8) is 0 Å². The van der Waals surface area contributed by atoms with E-state index in [4.69, 9.17) is 12.7 Å². The second-order valence-corrected chi connectivity index (χ2v) is 22.0. The lowest BCUT2D eigenvalue weighted by atomic mass is 11.3. The summed E-state index contributed by atoms with van der Waals surface area (Å²) in [5, 5.41) is 0. The van der Waals surface area contributed by atoms with E-state index in [2.05, 4.69) is 59.0 Å². The minimum atomic E-state index is -2.68. The van der Waals surface area contributed by atoms with E-state index < -0.39 is 34.2 Å². The molecule has 0 fully saturated rings. The minimum absolute atomic E-state index is 0.785. The lowest BCUT2D eigenvalue weighted by Gasteiger charge is -2.37. The van der Waals surface area contributed by atoms with Gasteiger partial charge in [-0.3, -0.25) is 0 Å². The third-order valence-corrected chi connectivity index (χ3v) is 11.2. The average Bonchev–Trinajstić information content (AvgIpc) is 2.09. The van der Waals surface area contributed by atoms with Crippen molar-refractivity contribution in [2.75, 3.05) is 6.23 Å². The Bertz CT molecular complexity index is 252. The summed E-state index contributed by atoms with van der Waals surface area (Å²) in [6, 6.07) is 0. The smallest absolute Gasteiger partial charge is 0.413 e. The third kappa shape index (κ3) is 8.57. The third-order valence-electron chi connectivity index (χ3n) is 1.76. The highest BCUT2D eigenvalue weighted by molar-refractivity contribution is 6.87. The average molecular weight is 323 g/mol. The van der Waals surface area contributed by atoms with Gasteiger partial charge in [0.25, 0.3) is 0 Å². The first-order valence-electron chi connectivity index (χ1n) is 6.57. The van der Waals surface area contributed by atoms with Crippen LogP contribution in [0.4, 0.5) is 0 Å². The number of hydrogen-bond donors (Lipinski definition) is 0. The summed E-state index contributed by atoms with van der Waals surface area (Å²) in [5.41, 5.74) is 1.82. The molecule has 108 valence electrons. The lowest BCUT2D eigenvalue weighted by Crippen LogP contribution is -2.56. The molecular formula is C11H30O3Si4. The first kappa shape index (κ1) is 18.5. The summed E-state index contributed by atoms with van der Waals surface area (Å²) in [6.45, 7) is 21.5.